The molecule has 4 aromatic rings. The second-order valence-electron chi connectivity index (χ2n) is 6.25. The topological polar surface area (TPSA) is 85.9 Å². The van der Waals surface area contributed by atoms with Crippen LogP contribution in [-0.4, -0.2) is 14.5 Å². The lowest BCUT2D eigenvalue weighted by Gasteiger charge is -2.08. The van der Waals surface area contributed by atoms with Crippen LogP contribution in [0.2, 0.25) is 0 Å². The number of aromatic amines is 1. The van der Waals surface area contributed by atoms with Gasteiger partial charge in [-0.3, -0.25) is 4.79 Å². The van der Waals surface area contributed by atoms with Gasteiger partial charge in [-0.05, 0) is 17.7 Å². The van der Waals surface area contributed by atoms with Crippen molar-refractivity contribution in [3.8, 4) is 5.75 Å². The Morgan fingerprint density at radius 1 is 1.11 bits per heavy atom. The number of nitrogens with two attached hydrogens (primary N) is 1. The quantitative estimate of drug-likeness (QED) is 0.555. The van der Waals surface area contributed by atoms with E-state index in [-0.39, 0.29) is 41.4 Å². The maximum Gasteiger partial charge on any atom is 0.274 e. The molecule has 0 atom stereocenters. The number of nitrogens with zero attached hydrogens (tertiary/aromatic N) is 2. The lowest BCUT2D eigenvalue weighted by molar-refractivity contribution is 0.293. The highest BCUT2D eigenvalue weighted by molar-refractivity contribution is 5.82. The molecule has 142 valence electrons. The van der Waals surface area contributed by atoms with Gasteiger partial charge in [0, 0.05) is 12.3 Å². The molecule has 0 aliphatic heterocycles. The summed E-state index contributed by atoms with van der Waals surface area (Å²) in [5, 5.41) is 0. The first-order chi connectivity index (χ1) is 13.5. The van der Waals surface area contributed by atoms with E-state index in [1.807, 2.05) is 30.3 Å². The number of hydrogen-bond donors (Lipinski definition) is 2. The molecule has 8 heteroatoms. The van der Waals surface area contributed by atoms with E-state index in [0.717, 1.165) is 11.6 Å². The molecule has 4 rings (SSSR count). The minimum absolute atomic E-state index is 0.0106. The summed E-state index contributed by atoms with van der Waals surface area (Å²) in [6, 6.07) is 13.1. The number of nitrogen functional groups attached to an aromatic ring is 1. The average molecular weight is 382 g/mol. The SMILES string of the molecule is Nc1cccn(Cc2nc3c(OCc4ccccc4)c(F)cc(F)c3[nH]2)c1=O. The van der Waals surface area contributed by atoms with Gasteiger partial charge in [0.1, 0.15) is 23.5 Å². The molecular weight excluding hydrogens is 366 g/mol. The zero-order valence-corrected chi connectivity index (χ0v) is 14.7. The number of pyridine rings is 1. The minimum atomic E-state index is -0.847. The summed E-state index contributed by atoms with van der Waals surface area (Å²) in [5.41, 5.74) is 6.18. The van der Waals surface area contributed by atoms with Crippen LogP contribution in [0, 0.1) is 11.6 Å². The molecular formula is C20H16F2N4O2. The highest BCUT2D eigenvalue weighted by atomic mass is 19.1. The molecule has 0 saturated carbocycles. The fraction of sp³-hybridized carbons (Fsp3) is 0.100. The highest BCUT2D eigenvalue weighted by Crippen LogP contribution is 2.30. The molecule has 0 amide bonds. The van der Waals surface area contributed by atoms with Crippen molar-refractivity contribution in [1.82, 2.24) is 14.5 Å². The van der Waals surface area contributed by atoms with Crippen LogP contribution in [0.3, 0.4) is 0 Å². The van der Waals surface area contributed by atoms with E-state index in [1.54, 1.807) is 6.07 Å². The molecule has 6 nitrogen and oxygen atoms in total. The van der Waals surface area contributed by atoms with Crippen molar-refractivity contribution in [2.75, 3.05) is 5.73 Å². The zero-order chi connectivity index (χ0) is 19.7. The summed E-state index contributed by atoms with van der Waals surface area (Å²) >= 11 is 0. The molecule has 0 spiro atoms. The number of fused-ring (bicyclic) bond motifs is 1. The van der Waals surface area contributed by atoms with Crippen LogP contribution in [0.5, 0.6) is 5.75 Å². The van der Waals surface area contributed by atoms with Crippen LogP contribution >= 0.6 is 0 Å². The van der Waals surface area contributed by atoms with E-state index in [2.05, 4.69) is 9.97 Å². The molecule has 0 radical (unpaired) electrons. The molecule has 2 aromatic heterocycles. The van der Waals surface area contributed by atoms with Gasteiger partial charge in [0.2, 0.25) is 0 Å². The van der Waals surface area contributed by atoms with Gasteiger partial charge in [0.15, 0.2) is 17.4 Å². The second-order valence-corrected chi connectivity index (χ2v) is 6.25. The fourth-order valence-electron chi connectivity index (χ4n) is 2.90. The smallest absolute Gasteiger partial charge is 0.274 e. The summed E-state index contributed by atoms with van der Waals surface area (Å²) in [5.74, 6) is -1.52. The Morgan fingerprint density at radius 2 is 1.89 bits per heavy atom. The van der Waals surface area contributed by atoms with Crippen LogP contribution in [0.1, 0.15) is 11.4 Å². The van der Waals surface area contributed by atoms with Crippen molar-refractivity contribution in [2.45, 2.75) is 13.2 Å². The predicted molar refractivity (Wildman–Crippen MR) is 101 cm³/mol. The van der Waals surface area contributed by atoms with Gasteiger partial charge in [-0.2, -0.15) is 0 Å². The maximum atomic E-state index is 14.3. The van der Waals surface area contributed by atoms with Crippen LogP contribution < -0.4 is 16.0 Å². The molecule has 2 aromatic carbocycles. The third-order valence-electron chi connectivity index (χ3n) is 4.27. The standard InChI is InChI=1S/C20H16F2N4O2/c21-13-9-14(22)19(28-11-12-5-2-1-3-6-12)18-17(13)24-16(25-18)10-26-8-4-7-15(23)20(26)27/h1-9H,10-11,23H2,(H,24,25). The first-order valence-corrected chi connectivity index (χ1v) is 8.51. The van der Waals surface area contributed by atoms with Crippen LogP contribution in [0.25, 0.3) is 11.0 Å². The number of benzene rings is 2. The van der Waals surface area contributed by atoms with E-state index in [9.17, 15) is 13.6 Å². The largest absolute Gasteiger partial charge is 0.483 e. The van der Waals surface area contributed by atoms with Gasteiger partial charge in [-0.1, -0.05) is 30.3 Å². The molecule has 28 heavy (non-hydrogen) atoms. The predicted octanol–water partition coefficient (Wildman–Crippen LogP) is 3.21. The molecule has 0 saturated heterocycles. The monoisotopic (exact) mass is 382 g/mol. The fourth-order valence-corrected chi connectivity index (χ4v) is 2.90. The summed E-state index contributed by atoms with van der Waals surface area (Å²) in [6.07, 6.45) is 1.54. The number of nitrogens with one attached hydrogen (secondary N) is 1. The normalized spacial score (nSPS) is 11.1. The summed E-state index contributed by atoms with van der Waals surface area (Å²) in [4.78, 5) is 19.1. The van der Waals surface area contributed by atoms with E-state index >= 15 is 0 Å². The van der Waals surface area contributed by atoms with Crippen molar-refractivity contribution < 1.29 is 13.5 Å². The minimum Gasteiger partial charge on any atom is -0.483 e. The number of halogens is 2. The zero-order valence-electron chi connectivity index (χ0n) is 14.7. The van der Waals surface area contributed by atoms with Crippen molar-refractivity contribution >= 4 is 16.7 Å². The van der Waals surface area contributed by atoms with E-state index in [4.69, 9.17) is 10.5 Å². The van der Waals surface area contributed by atoms with Crippen molar-refractivity contribution in [3.63, 3.8) is 0 Å². The van der Waals surface area contributed by atoms with Gasteiger partial charge in [-0.25, -0.2) is 13.8 Å². The number of aromatic nitrogens is 3. The third kappa shape index (κ3) is 3.32. The second kappa shape index (κ2) is 7.15. The Balaban J connectivity index is 1.70. The first kappa shape index (κ1) is 17.7. The van der Waals surface area contributed by atoms with Gasteiger partial charge < -0.3 is 20.0 Å². The van der Waals surface area contributed by atoms with Gasteiger partial charge in [-0.15, -0.1) is 0 Å². The average Bonchev–Trinajstić information content (AvgIpc) is 3.10. The molecule has 2 heterocycles. The molecule has 0 unspecified atom stereocenters. The third-order valence-corrected chi connectivity index (χ3v) is 4.27. The lowest BCUT2D eigenvalue weighted by Crippen LogP contribution is -2.22. The number of rotatable bonds is 5. The Hall–Kier alpha value is -3.68. The highest BCUT2D eigenvalue weighted by Gasteiger charge is 2.19. The summed E-state index contributed by atoms with van der Waals surface area (Å²) in [7, 11) is 0. The number of imidazole rings is 1. The lowest BCUT2D eigenvalue weighted by atomic mass is 10.2. The molecule has 0 bridgehead atoms. The van der Waals surface area contributed by atoms with E-state index < -0.39 is 17.2 Å². The van der Waals surface area contributed by atoms with Crippen LogP contribution in [0.15, 0.2) is 59.5 Å². The van der Waals surface area contributed by atoms with Crippen molar-refractivity contribution in [1.29, 1.82) is 0 Å². The first-order valence-electron chi connectivity index (χ1n) is 8.51. The van der Waals surface area contributed by atoms with Crippen molar-refractivity contribution in [2.24, 2.45) is 0 Å². The molecule has 0 fully saturated rings. The van der Waals surface area contributed by atoms with E-state index in [1.165, 1.54) is 16.8 Å². The van der Waals surface area contributed by atoms with Gasteiger partial charge in [0.25, 0.3) is 5.56 Å². The Morgan fingerprint density at radius 3 is 2.68 bits per heavy atom. The van der Waals surface area contributed by atoms with Crippen LogP contribution in [0.4, 0.5) is 14.5 Å². The number of anilines is 1. The number of hydrogen-bond acceptors (Lipinski definition) is 4. The van der Waals surface area contributed by atoms with Gasteiger partial charge >= 0.3 is 0 Å². The summed E-state index contributed by atoms with van der Waals surface area (Å²) < 4.78 is 35.5. The Kier molecular flexibility index (Phi) is 4.52. The number of ether oxygens (including phenoxy) is 1. The Labute approximate surface area is 158 Å². The Bertz CT molecular complexity index is 1200. The van der Waals surface area contributed by atoms with E-state index in [0.29, 0.717) is 0 Å². The van der Waals surface area contributed by atoms with Crippen molar-refractivity contribution in [3.05, 3.63) is 88.1 Å². The summed E-state index contributed by atoms with van der Waals surface area (Å²) in [6.45, 7) is 0.132. The van der Waals surface area contributed by atoms with Gasteiger partial charge in [0.05, 0.1) is 12.2 Å². The number of H-pyrrole nitrogens is 1. The van der Waals surface area contributed by atoms with Crippen LogP contribution in [-0.2, 0) is 13.2 Å². The molecule has 0 aliphatic carbocycles. The molecule has 0 aliphatic rings. The maximum absolute atomic E-state index is 14.3. The molecule has 3 N–H and O–H groups in total.